The lowest BCUT2D eigenvalue weighted by Crippen LogP contribution is -2.04. The van der Waals surface area contributed by atoms with E-state index >= 15 is 0 Å². The summed E-state index contributed by atoms with van der Waals surface area (Å²) >= 11 is 0. The fraction of sp³-hybridized carbons (Fsp3) is 0.585. The maximum atomic E-state index is 6.72. The van der Waals surface area contributed by atoms with Gasteiger partial charge in [0.2, 0.25) is 0 Å². The molecular formula is C82H118N4O4. The van der Waals surface area contributed by atoms with Gasteiger partial charge in [-0.2, -0.15) is 0 Å². The molecule has 0 amide bonds. The van der Waals surface area contributed by atoms with E-state index < -0.39 is 0 Å². The highest BCUT2D eigenvalue weighted by molar-refractivity contribution is 5.96. The van der Waals surface area contributed by atoms with E-state index in [4.69, 9.17) is 38.9 Å². The Labute approximate surface area is 546 Å². The number of aromatic nitrogens is 4. The minimum absolute atomic E-state index is 0.644. The van der Waals surface area contributed by atoms with Crippen molar-refractivity contribution in [2.45, 2.75) is 285 Å². The summed E-state index contributed by atoms with van der Waals surface area (Å²) in [6.07, 6.45) is 51.4. The standard InChI is InChI=1S/C82H118N4O4/c1-5-9-13-17-21-25-29-33-37-47-59-87-75-57-55-69(63-77(75)89-61-49-39-35-31-27-23-19-15-11-7-3)81-79(67-51-43-41-44-52-67)83-71-66-74-72(65-73(71)85-81)84-80(68-53-45-42-46-54-68)82(86-74)70-56-58-76(88-60-48-38-34-30-26-22-18-14-10-6-2)78(64-70)90-62-50-40-36-32-28-24-20-16-12-8-4/h41-46,51-58,63-66H,5-40,47-50,59-62H2,1-4H3. The summed E-state index contributed by atoms with van der Waals surface area (Å²) in [5, 5.41) is 0. The van der Waals surface area contributed by atoms with E-state index in [1.807, 2.05) is 0 Å². The first-order valence-electron chi connectivity index (χ1n) is 37.0. The summed E-state index contributed by atoms with van der Waals surface area (Å²) in [5.41, 5.74) is 10.0. The Morgan fingerprint density at radius 3 is 0.689 bits per heavy atom. The first-order valence-corrected chi connectivity index (χ1v) is 37.0. The van der Waals surface area contributed by atoms with Gasteiger partial charge >= 0.3 is 0 Å². The number of rotatable bonds is 52. The second-order valence-electron chi connectivity index (χ2n) is 25.8. The molecule has 0 radical (unpaired) electrons. The molecule has 0 N–H and O–H groups in total. The summed E-state index contributed by atoms with van der Waals surface area (Å²) in [5.74, 6) is 3.12. The molecule has 8 heteroatoms. The second kappa shape index (κ2) is 44.5. The largest absolute Gasteiger partial charge is 0.490 e. The van der Waals surface area contributed by atoms with E-state index in [0.29, 0.717) is 26.4 Å². The van der Waals surface area contributed by atoms with Crippen molar-refractivity contribution >= 4 is 22.1 Å². The molecule has 0 aliphatic carbocycles. The lowest BCUT2D eigenvalue weighted by Gasteiger charge is -2.17. The molecule has 0 fully saturated rings. The number of ether oxygens (including phenoxy) is 4. The molecule has 0 bridgehead atoms. The lowest BCUT2D eigenvalue weighted by atomic mass is 10.0. The Morgan fingerprint density at radius 2 is 0.433 bits per heavy atom. The lowest BCUT2D eigenvalue weighted by molar-refractivity contribution is 0.258. The zero-order valence-electron chi connectivity index (χ0n) is 56.9. The maximum absolute atomic E-state index is 6.72. The molecule has 2 heterocycles. The number of hydrogen-bond acceptors (Lipinski definition) is 8. The van der Waals surface area contributed by atoms with Crippen molar-refractivity contribution < 1.29 is 18.9 Å². The van der Waals surface area contributed by atoms with Crippen LogP contribution in [-0.4, -0.2) is 46.4 Å². The van der Waals surface area contributed by atoms with Crippen LogP contribution in [0.15, 0.2) is 109 Å². The van der Waals surface area contributed by atoms with Crippen LogP contribution in [0.2, 0.25) is 0 Å². The fourth-order valence-corrected chi connectivity index (χ4v) is 12.5. The van der Waals surface area contributed by atoms with Gasteiger partial charge in [-0.1, -0.05) is 320 Å². The van der Waals surface area contributed by atoms with Gasteiger partial charge < -0.3 is 18.9 Å². The third-order valence-electron chi connectivity index (χ3n) is 18.0. The van der Waals surface area contributed by atoms with Gasteiger partial charge in [-0.05, 0) is 74.2 Å². The molecule has 0 aliphatic rings. The van der Waals surface area contributed by atoms with Crippen molar-refractivity contribution in [3.63, 3.8) is 0 Å². The van der Waals surface area contributed by atoms with Crippen LogP contribution >= 0.6 is 0 Å². The first-order chi connectivity index (χ1) is 44.6. The van der Waals surface area contributed by atoms with E-state index in [1.165, 1.54) is 218 Å². The van der Waals surface area contributed by atoms with Crippen molar-refractivity contribution in [3.8, 4) is 68.0 Å². The highest BCUT2D eigenvalue weighted by Crippen LogP contribution is 2.40. The van der Waals surface area contributed by atoms with E-state index in [1.54, 1.807) is 0 Å². The minimum atomic E-state index is 0.644. The number of nitrogens with zero attached hydrogens (tertiary/aromatic N) is 4. The molecule has 0 aliphatic heterocycles. The van der Waals surface area contributed by atoms with E-state index in [2.05, 4.69) is 137 Å². The molecule has 0 unspecified atom stereocenters. The zero-order chi connectivity index (χ0) is 62.7. The van der Waals surface area contributed by atoms with Crippen molar-refractivity contribution in [2.24, 2.45) is 0 Å². The van der Waals surface area contributed by atoms with Gasteiger partial charge in [-0.3, -0.25) is 0 Å². The average molecular weight is 1220 g/mol. The van der Waals surface area contributed by atoms with Crippen LogP contribution in [0.3, 0.4) is 0 Å². The normalized spacial score (nSPS) is 11.5. The highest BCUT2D eigenvalue weighted by atomic mass is 16.5. The van der Waals surface area contributed by atoms with Gasteiger partial charge in [0, 0.05) is 22.3 Å². The van der Waals surface area contributed by atoms with Crippen LogP contribution in [0, 0.1) is 0 Å². The Bertz CT molecular complexity index is 2800. The van der Waals surface area contributed by atoms with E-state index in [0.717, 1.165) is 129 Å². The topological polar surface area (TPSA) is 88.5 Å². The Kier molecular flexibility index (Phi) is 35.3. The second-order valence-corrected chi connectivity index (χ2v) is 25.8. The van der Waals surface area contributed by atoms with Crippen LogP contribution in [0.1, 0.15) is 285 Å². The van der Waals surface area contributed by atoms with E-state index in [-0.39, 0.29) is 0 Å². The number of fused-ring (bicyclic) bond motifs is 2. The fourth-order valence-electron chi connectivity index (χ4n) is 12.5. The zero-order valence-corrected chi connectivity index (χ0v) is 56.9. The van der Waals surface area contributed by atoms with Gasteiger partial charge in [0.05, 0.1) is 71.3 Å². The van der Waals surface area contributed by atoms with Crippen LogP contribution in [0.5, 0.6) is 23.0 Å². The van der Waals surface area contributed by atoms with Crippen LogP contribution < -0.4 is 18.9 Å². The van der Waals surface area contributed by atoms with E-state index in [9.17, 15) is 0 Å². The summed E-state index contributed by atoms with van der Waals surface area (Å²) in [7, 11) is 0. The molecule has 5 aromatic carbocycles. The highest BCUT2D eigenvalue weighted by Gasteiger charge is 2.21. The molecule has 7 aromatic rings. The Hall–Kier alpha value is -6.02. The smallest absolute Gasteiger partial charge is 0.161 e. The predicted octanol–water partition coefficient (Wildman–Crippen LogP) is 25.4. The average Bonchev–Trinajstić information content (AvgIpc) is 0.915. The van der Waals surface area contributed by atoms with Gasteiger partial charge in [0.1, 0.15) is 0 Å². The number of benzene rings is 5. The summed E-state index contributed by atoms with van der Waals surface area (Å²) in [6, 6.07) is 37.7. The van der Waals surface area contributed by atoms with Crippen LogP contribution in [0.4, 0.5) is 0 Å². The SMILES string of the molecule is CCCCCCCCCCCCOc1ccc(-c2nc3cc4nc(-c5ccccc5)c(-c5ccc(OCCCCCCCCCCCC)c(OCCCCCCCCCCCC)c5)nc4cc3nc2-c2ccccc2)cc1OCCCCCCCCCCCC. The first kappa shape index (κ1) is 71.4. The quantitative estimate of drug-likeness (QED) is 0.0275. The molecule has 0 saturated carbocycles. The summed E-state index contributed by atoms with van der Waals surface area (Å²) in [6.45, 7) is 11.8. The summed E-state index contributed by atoms with van der Waals surface area (Å²) in [4.78, 5) is 22.0. The molecule has 90 heavy (non-hydrogen) atoms. The molecule has 0 spiro atoms. The predicted molar refractivity (Wildman–Crippen MR) is 384 cm³/mol. The Balaban J connectivity index is 1.15. The molecule has 0 saturated heterocycles. The van der Waals surface area contributed by atoms with Crippen LogP contribution in [0.25, 0.3) is 67.1 Å². The van der Waals surface area contributed by atoms with Crippen molar-refractivity contribution in [1.82, 2.24) is 19.9 Å². The molecular weight excluding hydrogens is 1100 g/mol. The van der Waals surface area contributed by atoms with Gasteiger partial charge in [-0.15, -0.1) is 0 Å². The van der Waals surface area contributed by atoms with Gasteiger partial charge in [-0.25, -0.2) is 19.9 Å². The molecule has 2 aromatic heterocycles. The van der Waals surface area contributed by atoms with Crippen LogP contribution in [-0.2, 0) is 0 Å². The van der Waals surface area contributed by atoms with Gasteiger partial charge in [0.25, 0.3) is 0 Å². The van der Waals surface area contributed by atoms with Crippen molar-refractivity contribution in [2.75, 3.05) is 26.4 Å². The van der Waals surface area contributed by atoms with Gasteiger partial charge in [0.15, 0.2) is 23.0 Å². The Morgan fingerprint density at radius 1 is 0.211 bits per heavy atom. The third kappa shape index (κ3) is 25.9. The summed E-state index contributed by atoms with van der Waals surface area (Å²) < 4.78 is 26.6. The third-order valence-corrected chi connectivity index (χ3v) is 18.0. The monoisotopic (exact) mass is 1220 g/mol. The number of hydrogen-bond donors (Lipinski definition) is 0. The van der Waals surface area contributed by atoms with Crippen molar-refractivity contribution in [1.29, 1.82) is 0 Å². The van der Waals surface area contributed by atoms with Crippen molar-refractivity contribution in [3.05, 3.63) is 109 Å². The molecule has 7 rings (SSSR count). The minimum Gasteiger partial charge on any atom is -0.490 e. The molecule has 490 valence electrons. The number of unbranched alkanes of at least 4 members (excludes halogenated alkanes) is 36. The molecule has 8 nitrogen and oxygen atoms in total. The molecule has 0 atom stereocenters. The maximum Gasteiger partial charge on any atom is 0.161 e.